The number of fused-ring (bicyclic) bond motifs is 4. The maximum atomic E-state index is 6.41. The maximum absolute atomic E-state index is 6.41. The molecular weight excluding hydrogens is 284 g/mol. The average Bonchev–Trinajstić information content (AvgIpc) is 3.22. The Morgan fingerprint density at radius 1 is 1.00 bits per heavy atom. The Hall–Kier alpha value is -2.16. The molecule has 0 unspecified atom stereocenters. The third-order valence-electron chi connectivity index (χ3n) is 5.81. The molecule has 0 amide bonds. The molecule has 1 aliphatic heterocycles. The van der Waals surface area contributed by atoms with Crippen LogP contribution in [0.5, 0.6) is 0 Å². The van der Waals surface area contributed by atoms with E-state index in [1.807, 2.05) is 0 Å². The summed E-state index contributed by atoms with van der Waals surface area (Å²) in [5, 5.41) is 0. The summed E-state index contributed by atoms with van der Waals surface area (Å²) in [5.41, 5.74) is 5.12. The lowest BCUT2D eigenvalue weighted by atomic mass is 9.79. The molecule has 3 heterocycles. The molecule has 23 heavy (non-hydrogen) atoms. The predicted octanol–water partition coefficient (Wildman–Crippen LogP) is 4.95. The van der Waals surface area contributed by atoms with Gasteiger partial charge in [0.1, 0.15) is 5.76 Å². The van der Waals surface area contributed by atoms with Gasteiger partial charge in [-0.2, -0.15) is 0 Å². The summed E-state index contributed by atoms with van der Waals surface area (Å²) in [5.74, 6) is 1.24. The van der Waals surface area contributed by atoms with Crippen molar-refractivity contribution in [1.82, 2.24) is 4.57 Å². The van der Waals surface area contributed by atoms with E-state index in [-0.39, 0.29) is 5.54 Å². The third kappa shape index (κ3) is 1.71. The minimum Gasteiger partial charge on any atom is -0.457 e. The summed E-state index contributed by atoms with van der Waals surface area (Å²) >= 11 is 0. The number of hydrogen-bond acceptors (Lipinski definition) is 2. The van der Waals surface area contributed by atoms with E-state index in [4.69, 9.17) is 4.42 Å². The Bertz CT molecular complexity index is 853. The fourth-order valence-electron chi connectivity index (χ4n) is 4.76. The van der Waals surface area contributed by atoms with Gasteiger partial charge in [-0.05, 0) is 31.0 Å². The lowest BCUT2D eigenvalue weighted by molar-refractivity contribution is 0.254. The van der Waals surface area contributed by atoms with Crippen molar-refractivity contribution in [3.8, 4) is 0 Å². The van der Waals surface area contributed by atoms with Gasteiger partial charge in [0.2, 0.25) is 0 Å². The summed E-state index contributed by atoms with van der Waals surface area (Å²) in [7, 11) is 2.12. The second-order valence-corrected chi connectivity index (χ2v) is 7.06. The molecule has 118 valence electrons. The van der Waals surface area contributed by atoms with Crippen LogP contribution in [0.1, 0.15) is 43.4 Å². The molecule has 0 radical (unpaired) electrons. The third-order valence-corrected chi connectivity index (χ3v) is 5.81. The van der Waals surface area contributed by atoms with Crippen LogP contribution < -0.4 is 4.90 Å². The first-order valence-electron chi connectivity index (χ1n) is 8.69. The highest BCUT2D eigenvalue weighted by molar-refractivity contribution is 5.82. The van der Waals surface area contributed by atoms with Crippen molar-refractivity contribution in [3.63, 3.8) is 0 Å². The molecule has 1 spiro atoms. The Kier molecular flexibility index (Phi) is 2.70. The van der Waals surface area contributed by atoms with E-state index in [0.717, 1.165) is 12.1 Å². The van der Waals surface area contributed by atoms with E-state index in [9.17, 15) is 0 Å². The van der Waals surface area contributed by atoms with E-state index in [2.05, 4.69) is 59.1 Å². The van der Waals surface area contributed by atoms with Gasteiger partial charge in [0.05, 0.1) is 11.1 Å². The van der Waals surface area contributed by atoms with Gasteiger partial charge in [-0.15, -0.1) is 0 Å². The molecule has 2 aromatic heterocycles. The quantitative estimate of drug-likeness (QED) is 0.634. The number of furan rings is 1. The van der Waals surface area contributed by atoms with E-state index in [1.54, 1.807) is 0 Å². The molecule has 0 atom stereocenters. The SMILES string of the molecule is Cn1ccc2oc3c(c21)CN(c1ccccc1)C31CCCCC1. The molecule has 0 N–H and O–H groups in total. The Morgan fingerprint density at radius 3 is 2.57 bits per heavy atom. The zero-order chi connectivity index (χ0) is 15.4. The molecule has 3 aromatic rings. The normalized spacial score (nSPS) is 19.6. The molecular formula is C20H22N2O. The van der Waals surface area contributed by atoms with Gasteiger partial charge in [-0.25, -0.2) is 0 Å². The van der Waals surface area contributed by atoms with E-state index >= 15 is 0 Å². The first kappa shape index (κ1) is 13.3. The van der Waals surface area contributed by atoms with Crippen LogP contribution in [0.15, 0.2) is 47.0 Å². The number of hydrogen-bond donors (Lipinski definition) is 0. The van der Waals surface area contributed by atoms with Gasteiger partial charge >= 0.3 is 0 Å². The van der Waals surface area contributed by atoms with Crippen LogP contribution in [-0.4, -0.2) is 4.57 Å². The first-order valence-corrected chi connectivity index (χ1v) is 8.69. The molecule has 0 bridgehead atoms. The van der Waals surface area contributed by atoms with Gasteiger partial charge in [-0.3, -0.25) is 0 Å². The van der Waals surface area contributed by atoms with Crippen molar-refractivity contribution < 1.29 is 4.42 Å². The van der Waals surface area contributed by atoms with Gasteiger partial charge in [0.15, 0.2) is 5.58 Å². The van der Waals surface area contributed by atoms with E-state index in [1.165, 1.54) is 54.6 Å². The van der Waals surface area contributed by atoms with Crippen LogP contribution in [0.2, 0.25) is 0 Å². The second-order valence-electron chi connectivity index (χ2n) is 7.06. The Balaban J connectivity index is 1.72. The monoisotopic (exact) mass is 306 g/mol. The van der Waals surface area contributed by atoms with E-state index in [0.29, 0.717) is 0 Å². The average molecular weight is 306 g/mol. The first-order chi connectivity index (χ1) is 11.3. The molecule has 1 saturated carbocycles. The number of benzene rings is 1. The number of aryl methyl sites for hydroxylation is 1. The Morgan fingerprint density at radius 2 is 1.78 bits per heavy atom. The summed E-state index contributed by atoms with van der Waals surface area (Å²) < 4.78 is 8.62. The van der Waals surface area contributed by atoms with Crippen molar-refractivity contribution >= 4 is 16.8 Å². The van der Waals surface area contributed by atoms with Crippen LogP contribution in [0.3, 0.4) is 0 Å². The molecule has 2 aliphatic rings. The predicted molar refractivity (Wildman–Crippen MR) is 92.6 cm³/mol. The van der Waals surface area contributed by atoms with Crippen LogP contribution >= 0.6 is 0 Å². The highest BCUT2D eigenvalue weighted by Gasteiger charge is 2.49. The van der Waals surface area contributed by atoms with Gasteiger partial charge in [0, 0.05) is 31.0 Å². The smallest absolute Gasteiger partial charge is 0.152 e. The molecule has 1 aromatic carbocycles. The second kappa shape index (κ2) is 4.67. The minimum absolute atomic E-state index is 0.0634. The minimum atomic E-state index is 0.0634. The van der Waals surface area contributed by atoms with Crippen molar-refractivity contribution in [1.29, 1.82) is 0 Å². The number of rotatable bonds is 1. The number of aromatic nitrogens is 1. The van der Waals surface area contributed by atoms with Crippen LogP contribution in [0, 0.1) is 0 Å². The Labute approximate surface area is 136 Å². The summed E-state index contributed by atoms with van der Waals surface area (Å²) in [6.45, 7) is 0.962. The molecule has 1 fully saturated rings. The van der Waals surface area contributed by atoms with Crippen molar-refractivity contribution in [3.05, 3.63) is 53.9 Å². The zero-order valence-corrected chi connectivity index (χ0v) is 13.6. The lowest BCUT2D eigenvalue weighted by Gasteiger charge is -2.42. The van der Waals surface area contributed by atoms with Crippen LogP contribution in [-0.2, 0) is 19.1 Å². The standard InChI is InChI=1S/C20H22N2O/c1-21-13-10-17-18(21)16-14-22(15-8-4-2-5-9-15)20(19(16)23-17)11-6-3-7-12-20/h2,4-5,8-10,13H,3,6-7,11-12,14H2,1H3. The fourth-order valence-corrected chi connectivity index (χ4v) is 4.76. The number of para-hydroxylation sites is 1. The highest BCUT2D eigenvalue weighted by atomic mass is 16.3. The summed E-state index contributed by atoms with van der Waals surface area (Å²) in [6.07, 6.45) is 8.44. The van der Waals surface area contributed by atoms with Crippen LogP contribution in [0.25, 0.3) is 11.1 Å². The lowest BCUT2D eigenvalue weighted by Crippen LogP contribution is -2.42. The van der Waals surface area contributed by atoms with Crippen molar-refractivity contribution in [2.75, 3.05) is 4.90 Å². The fraction of sp³-hybridized carbons (Fsp3) is 0.400. The molecule has 1 aliphatic carbocycles. The zero-order valence-electron chi connectivity index (χ0n) is 13.6. The van der Waals surface area contributed by atoms with Gasteiger partial charge in [0.25, 0.3) is 0 Å². The highest BCUT2D eigenvalue weighted by Crippen LogP contribution is 2.53. The molecule has 0 saturated heterocycles. The molecule has 3 heteroatoms. The maximum Gasteiger partial charge on any atom is 0.152 e. The van der Waals surface area contributed by atoms with Crippen LogP contribution in [0.4, 0.5) is 5.69 Å². The largest absolute Gasteiger partial charge is 0.457 e. The van der Waals surface area contributed by atoms with Crippen molar-refractivity contribution in [2.45, 2.75) is 44.2 Å². The molecule has 3 nitrogen and oxygen atoms in total. The summed E-state index contributed by atoms with van der Waals surface area (Å²) in [4.78, 5) is 2.60. The van der Waals surface area contributed by atoms with Crippen molar-refractivity contribution in [2.24, 2.45) is 7.05 Å². The summed E-state index contributed by atoms with van der Waals surface area (Å²) in [6, 6.07) is 13.0. The number of nitrogens with zero attached hydrogens (tertiary/aromatic N) is 2. The van der Waals surface area contributed by atoms with Gasteiger partial charge < -0.3 is 13.9 Å². The van der Waals surface area contributed by atoms with E-state index < -0.39 is 0 Å². The molecule has 5 rings (SSSR count). The van der Waals surface area contributed by atoms with Gasteiger partial charge in [-0.1, -0.05) is 37.5 Å². The topological polar surface area (TPSA) is 21.3 Å². The number of anilines is 1.